The number of carbonyl (C=O) groups excluding carboxylic acids is 1. The topological polar surface area (TPSA) is 38.3 Å². The van der Waals surface area contributed by atoms with Gasteiger partial charge < -0.3 is 10.1 Å². The Morgan fingerprint density at radius 1 is 1.18 bits per heavy atom. The van der Waals surface area contributed by atoms with Crippen molar-refractivity contribution in [2.75, 3.05) is 6.61 Å². The Morgan fingerprint density at radius 3 is 2.68 bits per heavy atom. The number of carbonyl (C=O) groups is 1. The van der Waals surface area contributed by atoms with Gasteiger partial charge in [0.15, 0.2) is 6.61 Å². The summed E-state index contributed by atoms with van der Waals surface area (Å²) in [5, 5.41) is 3.58. The summed E-state index contributed by atoms with van der Waals surface area (Å²) < 4.78 is 5.68. The van der Waals surface area contributed by atoms with Crippen LogP contribution in [0.4, 0.5) is 0 Å². The predicted octanol–water partition coefficient (Wildman–Crippen LogP) is 3.59. The van der Waals surface area contributed by atoms with Gasteiger partial charge in [0.25, 0.3) is 5.91 Å². The molecular formula is C18H18ClNO2. The van der Waals surface area contributed by atoms with E-state index in [1.165, 1.54) is 5.56 Å². The summed E-state index contributed by atoms with van der Waals surface area (Å²) in [4.78, 5) is 11.7. The molecule has 0 aliphatic heterocycles. The fraction of sp³-hybridized carbons (Fsp3) is 0.278. The maximum Gasteiger partial charge on any atom is 0.258 e. The first-order chi connectivity index (χ1) is 10.7. The summed E-state index contributed by atoms with van der Waals surface area (Å²) in [6.45, 7) is 0.0416. The SMILES string of the molecule is O=C(COc1ccc(Cl)cc1Cc1ccccc1)NC1CC1. The van der Waals surface area contributed by atoms with Crippen LogP contribution < -0.4 is 10.1 Å². The number of nitrogens with one attached hydrogen (secondary N) is 1. The molecule has 1 amide bonds. The number of ether oxygens (including phenoxy) is 1. The number of amides is 1. The third-order valence-electron chi connectivity index (χ3n) is 3.56. The van der Waals surface area contributed by atoms with Gasteiger partial charge in [-0.2, -0.15) is 0 Å². The van der Waals surface area contributed by atoms with Crippen LogP contribution in [0.15, 0.2) is 48.5 Å². The molecule has 0 heterocycles. The highest BCUT2D eigenvalue weighted by Crippen LogP contribution is 2.25. The second-order valence-electron chi connectivity index (χ2n) is 5.54. The van der Waals surface area contributed by atoms with Crippen LogP contribution in [0.1, 0.15) is 24.0 Å². The van der Waals surface area contributed by atoms with Crippen molar-refractivity contribution in [2.24, 2.45) is 0 Å². The minimum Gasteiger partial charge on any atom is -0.483 e. The predicted molar refractivity (Wildman–Crippen MR) is 87.4 cm³/mol. The van der Waals surface area contributed by atoms with E-state index < -0.39 is 0 Å². The summed E-state index contributed by atoms with van der Waals surface area (Å²) in [5.41, 5.74) is 2.16. The second kappa shape index (κ2) is 6.84. The molecule has 2 aromatic rings. The lowest BCUT2D eigenvalue weighted by Gasteiger charge is -2.12. The van der Waals surface area contributed by atoms with Gasteiger partial charge in [-0.15, -0.1) is 0 Å². The summed E-state index contributed by atoms with van der Waals surface area (Å²) in [7, 11) is 0. The van der Waals surface area contributed by atoms with E-state index in [-0.39, 0.29) is 12.5 Å². The van der Waals surface area contributed by atoms with Crippen LogP contribution >= 0.6 is 11.6 Å². The van der Waals surface area contributed by atoms with E-state index in [4.69, 9.17) is 16.3 Å². The molecule has 0 unspecified atom stereocenters. The van der Waals surface area contributed by atoms with Gasteiger partial charge >= 0.3 is 0 Å². The zero-order valence-electron chi connectivity index (χ0n) is 12.2. The Labute approximate surface area is 135 Å². The van der Waals surface area contributed by atoms with Crippen molar-refractivity contribution >= 4 is 17.5 Å². The van der Waals surface area contributed by atoms with Crippen LogP contribution in [0.5, 0.6) is 5.75 Å². The third-order valence-corrected chi connectivity index (χ3v) is 3.80. The molecule has 1 aliphatic rings. The number of halogens is 1. The molecule has 0 atom stereocenters. The van der Waals surface area contributed by atoms with Crippen LogP contribution in [0, 0.1) is 0 Å². The molecule has 0 aromatic heterocycles. The maximum atomic E-state index is 11.7. The largest absolute Gasteiger partial charge is 0.483 e. The minimum atomic E-state index is -0.0666. The average Bonchev–Trinajstić information content (AvgIpc) is 3.31. The molecule has 3 nitrogen and oxygen atoms in total. The van der Waals surface area contributed by atoms with Crippen LogP contribution in [0.2, 0.25) is 5.02 Å². The van der Waals surface area contributed by atoms with Gasteiger partial charge in [-0.05, 0) is 42.2 Å². The second-order valence-corrected chi connectivity index (χ2v) is 5.98. The number of benzene rings is 2. The lowest BCUT2D eigenvalue weighted by Crippen LogP contribution is -2.30. The molecule has 0 bridgehead atoms. The standard InChI is InChI=1S/C18H18ClNO2/c19-15-6-9-17(22-12-18(21)20-16-7-8-16)14(11-15)10-13-4-2-1-3-5-13/h1-6,9,11,16H,7-8,10,12H2,(H,20,21). The number of hydrogen-bond donors (Lipinski definition) is 1. The van der Waals surface area contributed by atoms with Crippen molar-refractivity contribution in [3.63, 3.8) is 0 Å². The Morgan fingerprint density at radius 2 is 1.95 bits per heavy atom. The third kappa shape index (κ3) is 4.25. The maximum absolute atomic E-state index is 11.7. The van der Waals surface area contributed by atoms with E-state index in [0.717, 1.165) is 24.8 Å². The molecule has 4 heteroatoms. The quantitative estimate of drug-likeness (QED) is 0.884. The molecule has 0 saturated heterocycles. The van der Waals surface area contributed by atoms with Crippen LogP contribution in [-0.2, 0) is 11.2 Å². The highest BCUT2D eigenvalue weighted by molar-refractivity contribution is 6.30. The zero-order valence-corrected chi connectivity index (χ0v) is 13.0. The van der Waals surface area contributed by atoms with Crippen molar-refractivity contribution in [1.82, 2.24) is 5.32 Å². The van der Waals surface area contributed by atoms with Gasteiger partial charge in [-0.25, -0.2) is 0 Å². The Bertz CT molecular complexity index is 653. The summed E-state index contributed by atoms with van der Waals surface area (Å²) in [6.07, 6.45) is 2.87. The fourth-order valence-electron chi connectivity index (χ4n) is 2.28. The van der Waals surface area contributed by atoms with Crippen LogP contribution in [0.3, 0.4) is 0 Å². The average molecular weight is 316 g/mol. The van der Waals surface area contributed by atoms with E-state index in [0.29, 0.717) is 16.8 Å². The molecule has 1 saturated carbocycles. The molecule has 3 rings (SSSR count). The van der Waals surface area contributed by atoms with Crippen molar-refractivity contribution in [3.8, 4) is 5.75 Å². The number of hydrogen-bond acceptors (Lipinski definition) is 2. The zero-order chi connectivity index (χ0) is 15.4. The van der Waals surface area contributed by atoms with Gasteiger partial charge in [0.1, 0.15) is 5.75 Å². The first-order valence-corrected chi connectivity index (χ1v) is 7.83. The van der Waals surface area contributed by atoms with Gasteiger partial charge in [-0.1, -0.05) is 41.9 Å². The van der Waals surface area contributed by atoms with Crippen LogP contribution in [0.25, 0.3) is 0 Å². The molecule has 1 aliphatic carbocycles. The van der Waals surface area contributed by atoms with Gasteiger partial charge in [0.05, 0.1) is 0 Å². The van der Waals surface area contributed by atoms with E-state index in [1.807, 2.05) is 30.3 Å². The minimum absolute atomic E-state index is 0.0416. The first kappa shape index (κ1) is 14.9. The lowest BCUT2D eigenvalue weighted by molar-refractivity contribution is -0.123. The Kier molecular flexibility index (Phi) is 4.64. The van der Waals surface area contributed by atoms with Crippen molar-refractivity contribution in [3.05, 3.63) is 64.7 Å². The first-order valence-electron chi connectivity index (χ1n) is 7.45. The van der Waals surface area contributed by atoms with E-state index in [1.54, 1.807) is 6.07 Å². The van der Waals surface area contributed by atoms with Gasteiger partial charge in [-0.3, -0.25) is 4.79 Å². The van der Waals surface area contributed by atoms with Crippen LogP contribution in [-0.4, -0.2) is 18.6 Å². The monoisotopic (exact) mass is 315 g/mol. The number of rotatable bonds is 6. The van der Waals surface area contributed by atoms with Crippen molar-refractivity contribution < 1.29 is 9.53 Å². The Balaban J connectivity index is 1.68. The molecule has 0 spiro atoms. The molecular weight excluding hydrogens is 298 g/mol. The van der Waals surface area contributed by atoms with Crippen molar-refractivity contribution in [2.45, 2.75) is 25.3 Å². The highest BCUT2D eigenvalue weighted by Gasteiger charge is 2.23. The summed E-state index contributed by atoms with van der Waals surface area (Å²) in [6, 6.07) is 16.0. The molecule has 2 aromatic carbocycles. The molecule has 1 N–H and O–H groups in total. The van der Waals surface area contributed by atoms with E-state index >= 15 is 0 Å². The van der Waals surface area contributed by atoms with Crippen molar-refractivity contribution in [1.29, 1.82) is 0 Å². The highest BCUT2D eigenvalue weighted by atomic mass is 35.5. The lowest BCUT2D eigenvalue weighted by atomic mass is 10.0. The molecule has 114 valence electrons. The molecule has 22 heavy (non-hydrogen) atoms. The van der Waals surface area contributed by atoms with E-state index in [9.17, 15) is 4.79 Å². The van der Waals surface area contributed by atoms with E-state index in [2.05, 4.69) is 17.4 Å². The Hall–Kier alpha value is -2.00. The van der Waals surface area contributed by atoms with Gasteiger partial charge in [0.2, 0.25) is 0 Å². The summed E-state index contributed by atoms with van der Waals surface area (Å²) in [5.74, 6) is 0.641. The normalized spacial score (nSPS) is 13.7. The summed E-state index contributed by atoms with van der Waals surface area (Å²) >= 11 is 6.09. The fourth-order valence-corrected chi connectivity index (χ4v) is 2.48. The smallest absolute Gasteiger partial charge is 0.258 e. The van der Waals surface area contributed by atoms with Gasteiger partial charge in [0, 0.05) is 17.5 Å². The molecule has 0 radical (unpaired) electrons. The molecule has 1 fully saturated rings.